The van der Waals surface area contributed by atoms with E-state index in [0.29, 0.717) is 18.3 Å². The van der Waals surface area contributed by atoms with Crippen LogP contribution in [-0.2, 0) is 16.1 Å². The molecule has 0 radical (unpaired) electrons. The molecule has 0 atom stereocenters. The summed E-state index contributed by atoms with van der Waals surface area (Å²) in [5.41, 5.74) is -0.339. The molecular weight excluding hydrogens is 282 g/mol. The van der Waals surface area contributed by atoms with Gasteiger partial charge in [-0.3, -0.25) is 19.0 Å². The fourth-order valence-corrected chi connectivity index (χ4v) is 2.69. The molecule has 1 aliphatic rings. The number of hydrogen-bond acceptors (Lipinski definition) is 6. The zero-order chi connectivity index (χ0) is 14.5. The van der Waals surface area contributed by atoms with Gasteiger partial charge in [-0.05, 0) is 6.92 Å². The molecule has 1 amide bonds. The summed E-state index contributed by atoms with van der Waals surface area (Å²) in [6, 6.07) is 0. The highest BCUT2D eigenvalue weighted by atomic mass is 32.2. The largest absolute Gasteiger partial charge is 0.466 e. The SMILES string of the molecule is CCOC(=O)CCNC(=O)c1cnc2n(c1=O)CCS2. The summed E-state index contributed by atoms with van der Waals surface area (Å²) in [6.45, 7) is 2.72. The minimum atomic E-state index is -0.515. The van der Waals surface area contributed by atoms with E-state index < -0.39 is 5.91 Å². The predicted octanol–water partition coefficient (Wildman–Crippen LogP) is 0.0320. The molecule has 0 spiro atoms. The second-order valence-corrected chi connectivity index (χ2v) is 5.13. The second-order valence-electron chi connectivity index (χ2n) is 4.07. The van der Waals surface area contributed by atoms with Gasteiger partial charge in [0.2, 0.25) is 0 Å². The summed E-state index contributed by atoms with van der Waals surface area (Å²) < 4.78 is 6.23. The molecule has 0 saturated heterocycles. The topological polar surface area (TPSA) is 90.3 Å². The molecule has 0 aliphatic carbocycles. The molecule has 1 N–H and O–H groups in total. The lowest BCUT2D eigenvalue weighted by Gasteiger charge is -2.06. The highest BCUT2D eigenvalue weighted by Gasteiger charge is 2.19. The second kappa shape index (κ2) is 6.56. The number of carbonyl (C=O) groups excluding carboxylic acids is 2. The Kier molecular flexibility index (Phi) is 4.78. The van der Waals surface area contributed by atoms with Gasteiger partial charge in [-0.2, -0.15) is 0 Å². The van der Waals surface area contributed by atoms with Gasteiger partial charge in [0.15, 0.2) is 5.16 Å². The van der Waals surface area contributed by atoms with Crippen molar-refractivity contribution >= 4 is 23.6 Å². The fraction of sp³-hybridized carbons (Fsp3) is 0.500. The number of ether oxygens (including phenoxy) is 1. The molecule has 0 aromatic carbocycles. The fourth-order valence-electron chi connectivity index (χ4n) is 1.78. The number of thioether (sulfide) groups is 1. The van der Waals surface area contributed by atoms with Gasteiger partial charge in [-0.25, -0.2) is 4.98 Å². The molecule has 1 aromatic heterocycles. The van der Waals surface area contributed by atoms with E-state index in [9.17, 15) is 14.4 Å². The number of fused-ring (bicyclic) bond motifs is 1. The maximum atomic E-state index is 12.1. The Morgan fingerprint density at radius 1 is 1.55 bits per heavy atom. The van der Waals surface area contributed by atoms with Crippen molar-refractivity contribution in [2.45, 2.75) is 25.0 Å². The Bertz CT molecular complexity index is 585. The molecular formula is C12H15N3O4S. The minimum Gasteiger partial charge on any atom is -0.466 e. The maximum absolute atomic E-state index is 12.1. The molecule has 0 bridgehead atoms. The number of amides is 1. The normalized spacial score (nSPS) is 12.8. The number of rotatable bonds is 5. The van der Waals surface area contributed by atoms with Crippen LogP contribution in [0.3, 0.4) is 0 Å². The first-order valence-electron chi connectivity index (χ1n) is 6.30. The predicted molar refractivity (Wildman–Crippen MR) is 72.8 cm³/mol. The van der Waals surface area contributed by atoms with Crippen LogP contribution in [0.2, 0.25) is 0 Å². The standard InChI is InChI=1S/C12H15N3O4S/c1-2-19-9(16)3-4-13-10(17)8-7-14-12-15(11(8)18)5-6-20-12/h7H,2-6H2,1H3,(H,13,17). The lowest BCUT2D eigenvalue weighted by molar-refractivity contribution is -0.142. The van der Waals surface area contributed by atoms with Gasteiger partial charge < -0.3 is 10.1 Å². The molecule has 7 nitrogen and oxygen atoms in total. The Morgan fingerprint density at radius 2 is 2.35 bits per heavy atom. The van der Waals surface area contributed by atoms with Crippen molar-refractivity contribution in [3.8, 4) is 0 Å². The minimum absolute atomic E-state index is 0.000101. The molecule has 1 aromatic rings. The summed E-state index contributed by atoms with van der Waals surface area (Å²) in [4.78, 5) is 39.2. The third-order valence-electron chi connectivity index (χ3n) is 2.72. The van der Waals surface area contributed by atoms with Crippen LogP contribution in [0.25, 0.3) is 0 Å². The molecule has 2 heterocycles. The van der Waals surface area contributed by atoms with E-state index in [4.69, 9.17) is 4.74 Å². The van der Waals surface area contributed by atoms with Crippen LogP contribution in [0.1, 0.15) is 23.7 Å². The van der Waals surface area contributed by atoms with Crippen molar-refractivity contribution < 1.29 is 14.3 Å². The molecule has 108 valence electrons. The molecule has 8 heteroatoms. The van der Waals surface area contributed by atoms with E-state index in [0.717, 1.165) is 5.75 Å². The first kappa shape index (κ1) is 14.6. The zero-order valence-corrected chi connectivity index (χ0v) is 11.9. The smallest absolute Gasteiger partial charge is 0.307 e. The Morgan fingerprint density at radius 3 is 3.10 bits per heavy atom. The molecule has 2 rings (SSSR count). The van der Waals surface area contributed by atoms with Crippen molar-refractivity contribution in [1.29, 1.82) is 0 Å². The monoisotopic (exact) mass is 297 g/mol. The highest BCUT2D eigenvalue weighted by molar-refractivity contribution is 7.99. The Balaban J connectivity index is 1.97. The van der Waals surface area contributed by atoms with Gasteiger partial charge >= 0.3 is 5.97 Å². The lowest BCUT2D eigenvalue weighted by atomic mass is 10.3. The van der Waals surface area contributed by atoms with E-state index in [1.54, 1.807) is 6.92 Å². The number of carbonyl (C=O) groups is 2. The van der Waals surface area contributed by atoms with Crippen LogP contribution < -0.4 is 10.9 Å². The first-order valence-corrected chi connectivity index (χ1v) is 7.28. The number of hydrogen-bond donors (Lipinski definition) is 1. The average Bonchev–Trinajstić information content (AvgIpc) is 2.88. The summed E-state index contributed by atoms with van der Waals surface area (Å²) in [6.07, 6.45) is 1.36. The number of esters is 1. The van der Waals surface area contributed by atoms with Gasteiger partial charge in [0, 0.05) is 25.0 Å². The molecule has 20 heavy (non-hydrogen) atoms. The van der Waals surface area contributed by atoms with E-state index in [-0.39, 0.29) is 30.1 Å². The van der Waals surface area contributed by atoms with Gasteiger partial charge in [0.1, 0.15) is 5.56 Å². The number of nitrogens with zero attached hydrogens (tertiary/aromatic N) is 2. The third-order valence-corrected chi connectivity index (χ3v) is 3.69. The van der Waals surface area contributed by atoms with Crippen molar-refractivity contribution in [3.63, 3.8) is 0 Å². The van der Waals surface area contributed by atoms with Crippen molar-refractivity contribution in [2.75, 3.05) is 18.9 Å². The Hall–Kier alpha value is -1.83. The van der Waals surface area contributed by atoms with Gasteiger partial charge in [0.05, 0.1) is 13.0 Å². The van der Waals surface area contributed by atoms with Crippen LogP contribution in [-0.4, -0.2) is 40.3 Å². The van der Waals surface area contributed by atoms with Gasteiger partial charge in [0.25, 0.3) is 11.5 Å². The molecule has 1 aliphatic heterocycles. The summed E-state index contributed by atoms with van der Waals surface area (Å²) in [5.74, 6) is -0.108. The van der Waals surface area contributed by atoms with Crippen LogP contribution >= 0.6 is 11.8 Å². The van der Waals surface area contributed by atoms with E-state index in [1.165, 1.54) is 22.5 Å². The quantitative estimate of drug-likeness (QED) is 0.609. The average molecular weight is 297 g/mol. The lowest BCUT2D eigenvalue weighted by Crippen LogP contribution is -2.34. The summed E-state index contributed by atoms with van der Waals surface area (Å²) >= 11 is 1.49. The Labute approximate surface area is 119 Å². The van der Waals surface area contributed by atoms with Crippen molar-refractivity contribution in [2.24, 2.45) is 0 Å². The van der Waals surface area contributed by atoms with E-state index >= 15 is 0 Å². The molecule has 0 fully saturated rings. The number of nitrogens with one attached hydrogen (secondary N) is 1. The third kappa shape index (κ3) is 3.19. The van der Waals surface area contributed by atoms with Crippen molar-refractivity contribution in [3.05, 3.63) is 22.1 Å². The van der Waals surface area contributed by atoms with Crippen LogP contribution in [0.4, 0.5) is 0 Å². The number of aromatic nitrogens is 2. The van der Waals surface area contributed by atoms with Gasteiger partial charge in [-0.1, -0.05) is 11.8 Å². The van der Waals surface area contributed by atoms with Crippen molar-refractivity contribution in [1.82, 2.24) is 14.9 Å². The van der Waals surface area contributed by atoms with Crippen LogP contribution in [0.5, 0.6) is 0 Å². The first-order chi connectivity index (χ1) is 9.63. The van der Waals surface area contributed by atoms with Crippen LogP contribution in [0, 0.1) is 0 Å². The van der Waals surface area contributed by atoms with Crippen LogP contribution in [0.15, 0.2) is 16.1 Å². The van der Waals surface area contributed by atoms with Gasteiger partial charge in [-0.15, -0.1) is 0 Å². The maximum Gasteiger partial charge on any atom is 0.307 e. The molecule has 0 saturated carbocycles. The van der Waals surface area contributed by atoms with E-state index in [2.05, 4.69) is 10.3 Å². The highest BCUT2D eigenvalue weighted by Crippen LogP contribution is 2.20. The molecule has 0 unspecified atom stereocenters. The zero-order valence-electron chi connectivity index (χ0n) is 11.0. The summed E-state index contributed by atoms with van der Waals surface area (Å²) in [5, 5.41) is 3.16. The summed E-state index contributed by atoms with van der Waals surface area (Å²) in [7, 11) is 0. The van der Waals surface area contributed by atoms with E-state index in [1.807, 2.05) is 0 Å².